The van der Waals surface area contributed by atoms with Crippen LogP contribution in [0.25, 0.3) is 0 Å². The fourth-order valence-electron chi connectivity index (χ4n) is 1.52. The molecular weight excluding hydrogens is 243 g/mol. The Hall–Kier alpha value is -1.61. The Balaban J connectivity index is 2.82. The molecule has 4 nitrogen and oxygen atoms in total. The topological polar surface area (TPSA) is 70.0 Å². The minimum Gasteiger partial charge on any atom is -0.381 e. The van der Waals surface area contributed by atoms with Crippen LogP contribution in [0, 0.1) is 17.1 Å². The van der Waals surface area contributed by atoms with Gasteiger partial charge in [0.2, 0.25) is 0 Å². The molecule has 0 aromatic heterocycles. The van der Waals surface area contributed by atoms with Crippen molar-refractivity contribution in [3.05, 3.63) is 29.6 Å². The van der Waals surface area contributed by atoms with Gasteiger partial charge in [-0.1, -0.05) is 0 Å². The molecule has 0 fully saturated rings. The molecule has 92 valence electrons. The summed E-state index contributed by atoms with van der Waals surface area (Å²) in [6.07, 6.45) is 1.14. The smallest absolute Gasteiger partial charge is 0.149 e. The highest BCUT2D eigenvalue weighted by Crippen LogP contribution is 2.14. The van der Waals surface area contributed by atoms with Gasteiger partial charge >= 0.3 is 0 Å². The number of rotatable bonds is 4. The molecule has 0 radical (unpaired) electrons. The molecular formula is C11H13FN2O2S. The van der Waals surface area contributed by atoms with Crippen molar-refractivity contribution in [1.82, 2.24) is 0 Å². The van der Waals surface area contributed by atoms with Crippen LogP contribution in [0.5, 0.6) is 0 Å². The standard InChI is InChI=1S/C11H13FN2O2S/c1-8(7-17(2,15)16)14-11-4-9(6-13)3-10(12)5-11/h3-5,8,14H,7H2,1-2H3. The second-order valence-electron chi connectivity index (χ2n) is 3.98. The molecule has 0 aliphatic carbocycles. The van der Waals surface area contributed by atoms with Gasteiger partial charge in [0.15, 0.2) is 0 Å². The molecule has 1 aromatic carbocycles. The fourth-order valence-corrected chi connectivity index (χ4v) is 2.51. The van der Waals surface area contributed by atoms with Crippen molar-refractivity contribution >= 4 is 15.5 Å². The number of hydrogen-bond donors (Lipinski definition) is 1. The average molecular weight is 256 g/mol. The molecule has 0 saturated heterocycles. The normalized spacial score (nSPS) is 12.8. The number of hydrogen-bond acceptors (Lipinski definition) is 4. The van der Waals surface area contributed by atoms with E-state index in [9.17, 15) is 12.8 Å². The first-order chi connectivity index (χ1) is 7.80. The molecule has 1 rings (SSSR count). The van der Waals surface area contributed by atoms with Crippen molar-refractivity contribution < 1.29 is 12.8 Å². The van der Waals surface area contributed by atoms with E-state index in [1.807, 2.05) is 6.07 Å². The summed E-state index contributed by atoms with van der Waals surface area (Å²) in [7, 11) is -3.09. The molecule has 6 heteroatoms. The van der Waals surface area contributed by atoms with Gasteiger partial charge < -0.3 is 5.32 Å². The molecule has 1 aromatic rings. The van der Waals surface area contributed by atoms with Gasteiger partial charge in [0.25, 0.3) is 0 Å². The number of benzene rings is 1. The molecule has 0 bridgehead atoms. The van der Waals surface area contributed by atoms with Crippen LogP contribution in [-0.4, -0.2) is 26.5 Å². The van der Waals surface area contributed by atoms with Gasteiger partial charge in [0.1, 0.15) is 15.7 Å². The molecule has 0 heterocycles. The molecule has 17 heavy (non-hydrogen) atoms. The quantitative estimate of drug-likeness (QED) is 0.887. The van der Waals surface area contributed by atoms with E-state index in [4.69, 9.17) is 5.26 Å². The molecule has 1 unspecified atom stereocenters. The van der Waals surface area contributed by atoms with E-state index in [-0.39, 0.29) is 17.4 Å². The minimum absolute atomic E-state index is 0.0502. The predicted molar refractivity (Wildman–Crippen MR) is 63.9 cm³/mol. The van der Waals surface area contributed by atoms with Gasteiger partial charge in [-0.05, 0) is 25.1 Å². The molecule has 1 atom stereocenters. The summed E-state index contributed by atoms with van der Waals surface area (Å²) in [5.74, 6) is -0.580. The van der Waals surface area contributed by atoms with E-state index < -0.39 is 15.7 Å². The highest BCUT2D eigenvalue weighted by Gasteiger charge is 2.11. The SMILES string of the molecule is CC(CS(C)(=O)=O)Nc1cc(F)cc(C#N)c1. The van der Waals surface area contributed by atoms with Crippen molar-refractivity contribution in [1.29, 1.82) is 5.26 Å². The van der Waals surface area contributed by atoms with Gasteiger partial charge in [0, 0.05) is 18.0 Å². The van der Waals surface area contributed by atoms with Crippen LogP contribution in [0.3, 0.4) is 0 Å². The third-order valence-corrected chi connectivity index (χ3v) is 3.10. The Morgan fingerprint density at radius 1 is 1.47 bits per heavy atom. The lowest BCUT2D eigenvalue weighted by molar-refractivity contribution is 0.598. The lowest BCUT2D eigenvalue weighted by Crippen LogP contribution is -2.25. The third kappa shape index (κ3) is 4.83. The molecule has 0 aliphatic rings. The minimum atomic E-state index is -3.09. The molecule has 0 spiro atoms. The summed E-state index contributed by atoms with van der Waals surface area (Å²) in [6, 6.07) is 5.30. The first kappa shape index (κ1) is 13.5. The van der Waals surface area contributed by atoms with E-state index in [0.717, 1.165) is 12.3 Å². The molecule has 0 amide bonds. The zero-order valence-electron chi connectivity index (χ0n) is 9.57. The van der Waals surface area contributed by atoms with E-state index in [1.165, 1.54) is 12.1 Å². The number of nitriles is 1. The molecule has 0 aliphatic heterocycles. The summed E-state index contributed by atoms with van der Waals surface area (Å²) in [4.78, 5) is 0. The lowest BCUT2D eigenvalue weighted by Gasteiger charge is -2.14. The number of anilines is 1. The number of nitrogens with zero attached hydrogens (tertiary/aromatic N) is 1. The number of nitrogens with one attached hydrogen (secondary N) is 1. The maximum Gasteiger partial charge on any atom is 0.149 e. The van der Waals surface area contributed by atoms with E-state index in [0.29, 0.717) is 5.69 Å². The maximum atomic E-state index is 13.1. The first-order valence-corrected chi connectivity index (χ1v) is 7.01. The van der Waals surface area contributed by atoms with Crippen molar-refractivity contribution in [2.45, 2.75) is 13.0 Å². The van der Waals surface area contributed by atoms with Crippen LogP contribution < -0.4 is 5.32 Å². The van der Waals surface area contributed by atoms with Crippen molar-refractivity contribution in [3.8, 4) is 6.07 Å². The maximum absolute atomic E-state index is 13.1. The van der Waals surface area contributed by atoms with Crippen LogP contribution in [0.15, 0.2) is 18.2 Å². The summed E-state index contributed by atoms with van der Waals surface area (Å²) in [6.45, 7) is 1.68. The van der Waals surface area contributed by atoms with E-state index in [1.54, 1.807) is 6.92 Å². The third-order valence-electron chi connectivity index (χ3n) is 1.99. The van der Waals surface area contributed by atoms with Crippen molar-refractivity contribution in [2.75, 3.05) is 17.3 Å². The highest BCUT2D eigenvalue weighted by molar-refractivity contribution is 7.90. The molecule has 0 saturated carbocycles. The van der Waals surface area contributed by atoms with Gasteiger partial charge in [-0.15, -0.1) is 0 Å². The van der Waals surface area contributed by atoms with Crippen LogP contribution in [0.2, 0.25) is 0 Å². The Bertz CT molecular complexity index is 549. The van der Waals surface area contributed by atoms with Crippen molar-refractivity contribution in [2.24, 2.45) is 0 Å². The second kappa shape index (κ2) is 5.15. The van der Waals surface area contributed by atoms with Crippen molar-refractivity contribution in [3.63, 3.8) is 0 Å². The number of halogens is 1. The second-order valence-corrected chi connectivity index (χ2v) is 6.16. The largest absolute Gasteiger partial charge is 0.381 e. The summed E-state index contributed by atoms with van der Waals surface area (Å²) >= 11 is 0. The summed E-state index contributed by atoms with van der Waals surface area (Å²) in [5, 5.41) is 11.5. The zero-order valence-corrected chi connectivity index (χ0v) is 10.4. The fraction of sp³-hybridized carbons (Fsp3) is 0.364. The Morgan fingerprint density at radius 3 is 2.65 bits per heavy atom. The van der Waals surface area contributed by atoms with Gasteiger partial charge in [-0.2, -0.15) is 5.26 Å². The monoisotopic (exact) mass is 256 g/mol. The van der Waals surface area contributed by atoms with Gasteiger partial charge in [0.05, 0.1) is 17.4 Å². The first-order valence-electron chi connectivity index (χ1n) is 4.95. The lowest BCUT2D eigenvalue weighted by atomic mass is 10.2. The Labute approximate surface area is 100.0 Å². The predicted octanol–water partition coefficient (Wildman–Crippen LogP) is 1.54. The van der Waals surface area contributed by atoms with E-state index in [2.05, 4.69) is 5.32 Å². The van der Waals surface area contributed by atoms with Crippen LogP contribution >= 0.6 is 0 Å². The van der Waals surface area contributed by atoms with Gasteiger partial charge in [-0.25, -0.2) is 12.8 Å². The van der Waals surface area contributed by atoms with Gasteiger partial charge in [-0.3, -0.25) is 0 Å². The highest BCUT2D eigenvalue weighted by atomic mass is 32.2. The van der Waals surface area contributed by atoms with Crippen LogP contribution in [0.1, 0.15) is 12.5 Å². The van der Waals surface area contributed by atoms with Crippen LogP contribution in [-0.2, 0) is 9.84 Å². The molecule has 1 N–H and O–H groups in total. The van der Waals surface area contributed by atoms with E-state index >= 15 is 0 Å². The van der Waals surface area contributed by atoms with Crippen LogP contribution in [0.4, 0.5) is 10.1 Å². The Morgan fingerprint density at radius 2 is 2.12 bits per heavy atom. The summed E-state index contributed by atoms with van der Waals surface area (Å²) in [5.41, 5.74) is 0.594. The number of sulfone groups is 1. The summed E-state index contributed by atoms with van der Waals surface area (Å²) < 4.78 is 35.2. The average Bonchev–Trinajstić information content (AvgIpc) is 2.13. The zero-order chi connectivity index (χ0) is 13.1. The Kier molecular flexibility index (Phi) is 4.07.